The predicted octanol–water partition coefficient (Wildman–Crippen LogP) is 4.43. The minimum Gasteiger partial charge on any atom is -0.479 e. The molecule has 0 aliphatic heterocycles. The molecule has 2 heterocycles. The minimum absolute atomic E-state index is 0.104. The van der Waals surface area contributed by atoms with Crippen molar-refractivity contribution in [2.45, 2.75) is 57.8 Å². The molecule has 0 radical (unpaired) electrons. The first-order chi connectivity index (χ1) is 15.8. The van der Waals surface area contributed by atoms with Gasteiger partial charge in [-0.1, -0.05) is 18.9 Å². The Morgan fingerprint density at radius 1 is 1.21 bits per heavy atom. The van der Waals surface area contributed by atoms with Gasteiger partial charge in [-0.2, -0.15) is 0 Å². The second-order valence-corrected chi connectivity index (χ2v) is 8.99. The van der Waals surface area contributed by atoms with E-state index in [9.17, 15) is 13.6 Å². The lowest BCUT2D eigenvalue weighted by Gasteiger charge is -2.30. The fourth-order valence-corrected chi connectivity index (χ4v) is 5.27. The van der Waals surface area contributed by atoms with E-state index in [1.807, 2.05) is 20.9 Å². The number of halogens is 2. The Bertz CT molecular complexity index is 1180. The Labute approximate surface area is 192 Å². The van der Waals surface area contributed by atoms with Crippen molar-refractivity contribution in [3.05, 3.63) is 52.2 Å². The zero-order valence-corrected chi connectivity index (χ0v) is 19.6. The van der Waals surface area contributed by atoms with Gasteiger partial charge in [0.2, 0.25) is 11.8 Å². The van der Waals surface area contributed by atoms with Gasteiger partial charge in [0.15, 0.2) is 5.65 Å². The van der Waals surface area contributed by atoms with Crippen LogP contribution in [0.5, 0.6) is 5.88 Å². The summed E-state index contributed by atoms with van der Waals surface area (Å²) in [6.07, 6.45) is 3.86. The maximum atomic E-state index is 14.5. The quantitative estimate of drug-likeness (QED) is 0.571. The van der Waals surface area contributed by atoms with E-state index in [0.717, 1.165) is 40.7 Å². The van der Waals surface area contributed by atoms with Gasteiger partial charge in [-0.25, -0.2) is 18.4 Å². The van der Waals surface area contributed by atoms with Crippen LogP contribution in [0.15, 0.2) is 18.2 Å². The highest BCUT2D eigenvalue weighted by Gasteiger charge is 2.40. The largest absolute Gasteiger partial charge is 0.479 e. The zero-order chi connectivity index (χ0) is 23.8. The molecule has 1 aliphatic carbocycles. The first-order valence-corrected chi connectivity index (χ1v) is 11.4. The summed E-state index contributed by atoms with van der Waals surface area (Å²) >= 11 is 0. The number of pyridine rings is 1. The molecule has 6 nitrogen and oxygen atoms in total. The number of nitrogens with one attached hydrogen (secondary N) is 1. The van der Waals surface area contributed by atoms with Gasteiger partial charge in [-0.3, -0.25) is 4.79 Å². The monoisotopic (exact) mass is 456 g/mol. The molecule has 1 N–H and O–H groups in total. The van der Waals surface area contributed by atoms with Gasteiger partial charge < -0.3 is 10.1 Å². The highest BCUT2D eigenvalue weighted by Crippen LogP contribution is 2.43. The Kier molecular flexibility index (Phi) is 6.36. The second-order valence-electron chi connectivity index (χ2n) is 8.99. The normalized spacial score (nSPS) is 15.2. The fraction of sp³-hybridized carbons (Fsp3) is 0.480. The van der Waals surface area contributed by atoms with E-state index in [1.54, 1.807) is 11.8 Å². The van der Waals surface area contributed by atoms with E-state index in [1.165, 1.54) is 18.2 Å². The molecule has 176 valence electrons. The fourth-order valence-electron chi connectivity index (χ4n) is 5.27. The van der Waals surface area contributed by atoms with Gasteiger partial charge in [0.1, 0.15) is 11.6 Å². The summed E-state index contributed by atoms with van der Waals surface area (Å²) in [5.74, 6) is -0.710. The maximum Gasteiger partial charge on any atom is 0.242 e. The van der Waals surface area contributed by atoms with Crippen LogP contribution in [0.4, 0.5) is 8.78 Å². The predicted molar refractivity (Wildman–Crippen MR) is 122 cm³/mol. The topological polar surface area (TPSA) is 69.0 Å². The van der Waals surface area contributed by atoms with Crippen molar-refractivity contribution >= 4 is 16.9 Å². The lowest BCUT2D eigenvalue weighted by molar-refractivity contribution is -0.121. The van der Waals surface area contributed by atoms with Crippen LogP contribution in [0.1, 0.15) is 54.5 Å². The van der Waals surface area contributed by atoms with Gasteiger partial charge in [0.25, 0.3) is 0 Å². The third-order valence-corrected chi connectivity index (χ3v) is 7.00. The summed E-state index contributed by atoms with van der Waals surface area (Å²) < 4.78 is 36.2. The number of aromatic nitrogens is 3. The van der Waals surface area contributed by atoms with Crippen molar-refractivity contribution in [2.75, 3.05) is 13.7 Å². The van der Waals surface area contributed by atoms with Crippen molar-refractivity contribution in [1.82, 2.24) is 20.1 Å². The molecule has 8 heteroatoms. The molecule has 1 aromatic carbocycles. The van der Waals surface area contributed by atoms with Gasteiger partial charge in [-0.05, 0) is 56.4 Å². The van der Waals surface area contributed by atoms with Crippen LogP contribution in [0.2, 0.25) is 0 Å². The van der Waals surface area contributed by atoms with Crippen molar-refractivity contribution in [2.24, 2.45) is 7.05 Å². The Morgan fingerprint density at radius 3 is 2.52 bits per heavy atom. The number of fused-ring (bicyclic) bond motifs is 1. The number of methoxy groups -OCH3 is 1. The molecule has 1 amide bonds. The van der Waals surface area contributed by atoms with E-state index < -0.39 is 17.0 Å². The smallest absolute Gasteiger partial charge is 0.242 e. The van der Waals surface area contributed by atoms with E-state index in [4.69, 9.17) is 4.74 Å². The average molecular weight is 457 g/mol. The number of ether oxygens (including phenoxy) is 1. The minimum atomic E-state index is -0.694. The standard InChI is InChI=1S/C25H30F2N4O2/c1-15-17(16(2)29-23-21(15)24(33-4)30-31(23)3)10-11-20(32)28-14-25(12-5-6-13-25)22-18(26)8-7-9-19(22)27/h7-9H,5-6,10-14H2,1-4H3,(H,28,32). The van der Waals surface area contributed by atoms with Crippen LogP contribution in [0, 0.1) is 25.5 Å². The molecule has 1 fully saturated rings. The van der Waals surface area contributed by atoms with Crippen LogP contribution in [0.25, 0.3) is 11.0 Å². The second kappa shape index (κ2) is 9.08. The molecule has 0 atom stereocenters. The molecule has 33 heavy (non-hydrogen) atoms. The summed E-state index contributed by atoms with van der Waals surface area (Å²) in [6.45, 7) is 4.14. The highest BCUT2D eigenvalue weighted by molar-refractivity contribution is 5.86. The Morgan fingerprint density at radius 2 is 1.88 bits per heavy atom. The van der Waals surface area contributed by atoms with Crippen LogP contribution in [0.3, 0.4) is 0 Å². The average Bonchev–Trinajstić information content (AvgIpc) is 3.37. The van der Waals surface area contributed by atoms with Crippen molar-refractivity contribution in [1.29, 1.82) is 0 Å². The van der Waals surface area contributed by atoms with Crippen LogP contribution >= 0.6 is 0 Å². The first kappa shape index (κ1) is 23.1. The van der Waals surface area contributed by atoms with Crippen LogP contribution < -0.4 is 10.1 Å². The van der Waals surface area contributed by atoms with Crippen molar-refractivity contribution in [3.8, 4) is 5.88 Å². The molecule has 0 unspecified atom stereocenters. The van der Waals surface area contributed by atoms with Crippen LogP contribution in [-0.4, -0.2) is 34.3 Å². The summed E-state index contributed by atoms with van der Waals surface area (Å²) in [5, 5.41) is 8.17. The van der Waals surface area contributed by atoms with E-state index in [-0.39, 0.29) is 24.4 Å². The summed E-state index contributed by atoms with van der Waals surface area (Å²) in [7, 11) is 3.40. The van der Waals surface area contributed by atoms with E-state index in [2.05, 4.69) is 15.4 Å². The summed E-state index contributed by atoms with van der Waals surface area (Å²) in [4.78, 5) is 17.4. The third-order valence-electron chi connectivity index (χ3n) is 7.00. The lowest BCUT2D eigenvalue weighted by atomic mass is 9.78. The molecule has 1 saturated carbocycles. The SMILES string of the molecule is COc1nn(C)c2nc(C)c(CCC(=O)NCC3(c4c(F)cccc4F)CCCC3)c(C)c12. The van der Waals surface area contributed by atoms with Gasteiger partial charge in [-0.15, -0.1) is 5.10 Å². The number of amides is 1. The van der Waals surface area contributed by atoms with Crippen LogP contribution in [-0.2, 0) is 23.7 Å². The summed E-state index contributed by atoms with van der Waals surface area (Å²) in [6, 6.07) is 3.96. The number of nitrogens with zero attached hydrogens (tertiary/aromatic N) is 3. The molecule has 0 saturated heterocycles. The molecule has 4 rings (SSSR count). The van der Waals surface area contributed by atoms with Crippen molar-refractivity contribution in [3.63, 3.8) is 0 Å². The van der Waals surface area contributed by atoms with Gasteiger partial charge in [0, 0.05) is 36.7 Å². The molecule has 0 bridgehead atoms. The number of carbonyl (C=O) groups is 1. The molecular formula is C25H30F2N4O2. The first-order valence-electron chi connectivity index (χ1n) is 11.4. The number of hydrogen-bond donors (Lipinski definition) is 1. The maximum absolute atomic E-state index is 14.5. The summed E-state index contributed by atoms with van der Waals surface area (Å²) in [5.41, 5.74) is 2.98. The zero-order valence-electron chi connectivity index (χ0n) is 19.6. The number of benzene rings is 1. The van der Waals surface area contributed by atoms with Gasteiger partial charge in [0.05, 0.1) is 12.5 Å². The molecule has 1 aliphatic rings. The number of hydrogen-bond acceptors (Lipinski definition) is 4. The Balaban J connectivity index is 1.49. The lowest BCUT2D eigenvalue weighted by Crippen LogP contribution is -2.40. The van der Waals surface area contributed by atoms with E-state index in [0.29, 0.717) is 25.1 Å². The molecular weight excluding hydrogens is 426 g/mol. The van der Waals surface area contributed by atoms with E-state index >= 15 is 0 Å². The Hall–Kier alpha value is -3.03. The molecule has 0 spiro atoms. The third kappa shape index (κ3) is 4.18. The number of aryl methyl sites for hydroxylation is 3. The highest BCUT2D eigenvalue weighted by atomic mass is 19.1. The number of carbonyl (C=O) groups excluding carboxylic acids is 1. The van der Waals surface area contributed by atoms with Crippen molar-refractivity contribution < 1.29 is 18.3 Å². The number of rotatable bonds is 7. The molecule has 2 aromatic heterocycles. The molecule has 3 aromatic rings. The van der Waals surface area contributed by atoms with Gasteiger partial charge >= 0.3 is 0 Å².